The van der Waals surface area contributed by atoms with Crippen LogP contribution in [0.5, 0.6) is 0 Å². The summed E-state index contributed by atoms with van der Waals surface area (Å²) in [6.45, 7) is -2.67. The van der Waals surface area contributed by atoms with E-state index in [1.807, 2.05) is 0 Å². The number of nitrogens with one attached hydrogen (secondary N) is 1. The minimum Gasteiger partial charge on any atom is -0.318 e. The summed E-state index contributed by atoms with van der Waals surface area (Å²) in [5, 5.41) is 2.38. The summed E-state index contributed by atoms with van der Waals surface area (Å²) in [6, 6.07) is -1.37. The molecule has 0 bridgehead atoms. The van der Waals surface area contributed by atoms with E-state index in [4.69, 9.17) is 9.60 Å². The van der Waals surface area contributed by atoms with E-state index in [1.165, 1.54) is 11.9 Å². The van der Waals surface area contributed by atoms with E-state index in [0.29, 0.717) is 0 Å². The van der Waals surface area contributed by atoms with Gasteiger partial charge in [0.15, 0.2) is 5.82 Å². The van der Waals surface area contributed by atoms with Crippen molar-refractivity contribution in [2.24, 2.45) is 0 Å². The van der Waals surface area contributed by atoms with Crippen molar-refractivity contribution in [1.82, 2.24) is 9.97 Å². The molecule has 0 radical (unpaired) electrons. The molecule has 0 saturated heterocycles. The zero-order chi connectivity index (χ0) is 18.7. The minimum absolute atomic E-state index is 0.0262. The number of hydrogen-bond acceptors (Lipinski definition) is 4. The highest BCUT2D eigenvalue weighted by atomic mass is 16.1. The first-order chi connectivity index (χ1) is 11.5. The molecule has 3 rings (SSSR count). The van der Waals surface area contributed by atoms with Gasteiger partial charge < -0.3 is 10.2 Å². The van der Waals surface area contributed by atoms with Crippen LogP contribution in [0.25, 0.3) is 0 Å². The standard InChI is InChI=1S/C13H12N4O/c1-8-5-7-15-12-10(8)16-13(18)9-4-3-6-14-11(9)17(12)2/h3-7H,1-2H3,(H,16,18)/i1D3,3D,4D,5D,6D. The first-order valence-electron chi connectivity index (χ1n) is 8.57. The van der Waals surface area contributed by atoms with Gasteiger partial charge in [0.2, 0.25) is 0 Å². The molecule has 1 amide bonds. The summed E-state index contributed by atoms with van der Waals surface area (Å²) in [4.78, 5) is 21.7. The summed E-state index contributed by atoms with van der Waals surface area (Å²) >= 11 is 0. The molecule has 3 heterocycles. The van der Waals surface area contributed by atoms with Crippen molar-refractivity contribution in [3.05, 3.63) is 41.6 Å². The second-order valence-corrected chi connectivity index (χ2v) is 3.66. The minimum atomic E-state index is -2.67. The molecule has 0 fully saturated rings. The Bertz CT molecular complexity index is 912. The summed E-state index contributed by atoms with van der Waals surface area (Å²) in [5.74, 6) is -0.897. The zero-order valence-electron chi connectivity index (χ0n) is 16.3. The number of hydrogen-bond donors (Lipinski definition) is 1. The molecule has 18 heavy (non-hydrogen) atoms. The van der Waals surface area contributed by atoms with Gasteiger partial charge >= 0.3 is 0 Å². The quantitative estimate of drug-likeness (QED) is 0.774. The average Bonchev–Trinajstić information content (AvgIpc) is 2.59. The van der Waals surface area contributed by atoms with Gasteiger partial charge in [-0.2, -0.15) is 0 Å². The Morgan fingerprint density at radius 1 is 1.39 bits per heavy atom. The molecule has 2 aromatic heterocycles. The van der Waals surface area contributed by atoms with Crippen molar-refractivity contribution in [1.29, 1.82) is 0 Å². The maximum Gasteiger partial charge on any atom is 0.259 e. The molecule has 2 aromatic rings. The third-order valence-corrected chi connectivity index (χ3v) is 2.60. The van der Waals surface area contributed by atoms with Crippen LogP contribution in [0.3, 0.4) is 0 Å². The lowest BCUT2D eigenvalue weighted by molar-refractivity contribution is 0.102. The third kappa shape index (κ3) is 1.44. The molecule has 0 aliphatic carbocycles. The van der Waals surface area contributed by atoms with E-state index < -0.39 is 31.0 Å². The van der Waals surface area contributed by atoms with Crippen LogP contribution in [0.4, 0.5) is 17.3 Å². The largest absolute Gasteiger partial charge is 0.318 e. The van der Waals surface area contributed by atoms with E-state index in [2.05, 4.69) is 15.3 Å². The molecule has 1 N–H and O–H groups in total. The van der Waals surface area contributed by atoms with Crippen molar-refractivity contribution in [3.63, 3.8) is 0 Å². The van der Waals surface area contributed by atoms with Gasteiger partial charge in [-0.15, -0.1) is 0 Å². The van der Waals surface area contributed by atoms with Gasteiger partial charge in [-0.1, -0.05) is 0 Å². The molecule has 0 saturated carbocycles. The van der Waals surface area contributed by atoms with Crippen LogP contribution in [-0.4, -0.2) is 22.9 Å². The molecule has 90 valence electrons. The van der Waals surface area contributed by atoms with Crippen molar-refractivity contribution >= 4 is 23.2 Å². The molecular weight excluding hydrogens is 228 g/mol. The highest BCUT2D eigenvalue weighted by molar-refractivity contribution is 6.11. The first-order valence-corrected chi connectivity index (χ1v) is 5.07. The van der Waals surface area contributed by atoms with Gasteiger partial charge in [0, 0.05) is 23.5 Å². The van der Waals surface area contributed by atoms with Gasteiger partial charge in [-0.05, 0) is 30.5 Å². The van der Waals surface area contributed by atoms with Gasteiger partial charge in [-0.3, -0.25) is 4.79 Å². The molecule has 5 heteroatoms. The summed E-state index contributed by atoms with van der Waals surface area (Å²) in [6.07, 6.45) is 0.566. The van der Waals surface area contributed by atoms with Crippen LogP contribution in [0.15, 0.2) is 30.5 Å². The first kappa shape index (κ1) is 5.48. The lowest BCUT2D eigenvalue weighted by Crippen LogP contribution is -2.14. The molecule has 1 aliphatic rings. The van der Waals surface area contributed by atoms with E-state index in [-0.39, 0.29) is 34.5 Å². The number of pyridine rings is 2. The van der Waals surface area contributed by atoms with Crippen molar-refractivity contribution in [2.75, 3.05) is 17.3 Å². The Labute approximate surface area is 114 Å². The number of carbonyl (C=O) groups excluding carboxylic acids is 1. The average molecular weight is 247 g/mol. The van der Waals surface area contributed by atoms with Crippen molar-refractivity contribution in [2.45, 2.75) is 6.85 Å². The predicted octanol–water partition coefficient (Wildman–Crippen LogP) is 2.12. The smallest absolute Gasteiger partial charge is 0.259 e. The Kier molecular flexibility index (Phi) is 1.16. The lowest BCUT2D eigenvalue weighted by atomic mass is 10.2. The maximum atomic E-state index is 12.6. The normalized spacial score (nSPS) is 19.7. The highest BCUT2D eigenvalue weighted by Crippen LogP contribution is 2.35. The molecular formula is C13H12N4O. The molecule has 0 unspecified atom stereocenters. The fourth-order valence-electron chi connectivity index (χ4n) is 1.74. The summed E-state index contributed by atoms with van der Waals surface area (Å²) in [5.41, 5.74) is -0.811. The molecule has 1 aliphatic heterocycles. The summed E-state index contributed by atoms with van der Waals surface area (Å²) in [7, 11) is 1.45. The van der Waals surface area contributed by atoms with E-state index in [0.717, 1.165) is 6.20 Å². The second kappa shape index (κ2) is 3.80. The van der Waals surface area contributed by atoms with Crippen LogP contribution in [0.1, 0.15) is 25.5 Å². The fourth-order valence-corrected chi connectivity index (χ4v) is 1.74. The van der Waals surface area contributed by atoms with Crippen LogP contribution < -0.4 is 10.2 Å². The van der Waals surface area contributed by atoms with Gasteiger partial charge in [-0.25, -0.2) is 9.97 Å². The molecule has 0 spiro atoms. The van der Waals surface area contributed by atoms with Crippen LogP contribution in [-0.2, 0) is 0 Å². The van der Waals surface area contributed by atoms with Gasteiger partial charge in [0.1, 0.15) is 5.82 Å². The van der Waals surface area contributed by atoms with Crippen LogP contribution >= 0.6 is 0 Å². The SMILES string of the molecule is [2H]c1cnc2c(c1C([2H])([2H])[2H])NC(=O)c1c(nc([2H])c([2H])c1[2H])N2C. The van der Waals surface area contributed by atoms with E-state index >= 15 is 0 Å². The maximum absolute atomic E-state index is 12.6. The Balaban J connectivity index is 2.36. The number of aromatic nitrogens is 2. The number of rotatable bonds is 0. The topological polar surface area (TPSA) is 58.1 Å². The monoisotopic (exact) mass is 247 g/mol. The van der Waals surface area contributed by atoms with Crippen molar-refractivity contribution < 1.29 is 14.4 Å². The molecule has 0 aromatic carbocycles. The Morgan fingerprint density at radius 2 is 2.28 bits per heavy atom. The molecule has 0 atom stereocenters. The second-order valence-electron chi connectivity index (χ2n) is 3.66. The molecule has 5 nitrogen and oxygen atoms in total. The van der Waals surface area contributed by atoms with E-state index in [9.17, 15) is 4.79 Å². The van der Waals surface area contributed by atoms with Crippen molar-refractivity contribution in [3.8, 4) is 0 Å². The number of nitrogens with zero attached hydrogens (tertiary/aromatic N) is 3. The number of amides is 1. The summed E-state index contributed by atoms with van der Waals surface area (Å²) < 4.78 is 54.0. The van der Waals surface area contributed by atoms with Gasteiger partial charge in [0.05, 0.1) is 16.7 Å². The number of carbonyl (C=O) groups is 1. The fraction of sp³-hybridized carbons (Fsp3) is 0.154. The highest BCUT2D eigenvalue weighted by Gasteiger charge is 2.25. The third-order valence-electron chi connectivity index (χ3n) is 2.60. The Hall–Kier alpha value is -2.43. The number of anilines is 3. The number of fused-ring (bicyclic) bond motifs is 2. The van der Waals surface area contributed by atoms with Crippen LogP contribution in [0.2, 0.25) is 0 Å². The van der Waals surface area contributed by atoms with Crippen LogP contribution in [0, 0.1) is 6.85 Å². The van der Waals surface area contributed by atoms with E-state index in [1.54, 1.807) is 0 Å². The Morgan fingerprint density at radius 3 is 3.11 bits per heavy atom. The van der Waals surface area contributed by atoms with Gasteiger partial charge in [0.25, 0.3) is 5.91 Å². The predicted molar refractivity (Wildman–Crippen MR) is 69.2 cm³/mol. The zero-order valence-corrected chi connectivity index (χ0v) is 9.33. The lowest BCUT2D eigenvalue weighted by Gasteiger charge is -2.18.